The van der Waals surface area contributed by atoms with Crippen molar-refractivity contribution in [3.05, 3.63) is 89.5 Å². The largest absolute Gasteiger partial charge is 0.497 e. The van der Waals surface area contributed by atoms with Crippen molar-refractivity contribution < 1.29 is 19.1 Å². The highest BCUT2D eigenvalue weighted by Crippen LogP contribution is 2.18. The summed E-state index contributed by atoms with van der Waals surface area (Å²) in [6.45, 7) is 2.43. The van der Waals surface area contributed by atoms with Crippen LogP contribution in [0.25, 0.3) is 0 Å². The first-order chi connectivity index (χ1) is 15.0. The van der Waals surface area contributed by atoms with Gasteiger partial charge in [0.05, 0.1) is 13.3 Å². The van der Waals surface area contributed by atoms with Crippen molar-refractivity contribution in [1.82, 2.24) is 5.43 Å². The monoisotopic (exact) mass is 417 g/mol. The van der Waals surface area contributed by atoms with Crippen LogP contribution in [-0.4, -0.2) is 25.1 Å². The van der Waals surface area contributed by atoms with Crippen LogP contribution in [0.1, 0.15) is 16.7 Å². The molecule has 0 unspecified atom stereocenters. The van der Waals surface area contributed by atoms with E-state index in [2.05, 4.69) is 15.8 Å². The molecule has 0 bridgehead atoms. The quantitative estimate of drug-likeness (QED) is 0.349. The summed E-state index contributed by atoms with van der Waals surface area (Å²) in [6.07, 6.45) is 1.43. The summed E-state index contributed by atoms with van der Waals surface area (Å²) in [5, 5.41) is 6.36. The van der Waals surface area contributed by atoms with Gasteiger partial charge in [0, 0.05) is 11.3 Å². The summed E-state index contributed by atoms with van der Waals surface area (Å²) < 4.78 is 10.9. The molecule has 0 fully saturated rings. The van der Waals surface area contributed by atoms with Crippen LogP contribution in [0.2, 0.25) is 0 Å². The van der Waals surface area contributed by atoms with Gasteiger partial charge >= 0.3 is 11.8 Å². The van der Waals surface area contributed by atoms with Gasteiger partial charge in [-0.3, -0.25) is 9.59 Å². The van der Waals surface area contributed by atoms with Gasteiger partial charge in [-0.25, -0.2) is 5.43 Å². The number of nitrogens with zero attached hydrogens (tertiary/aromatic N) is 1. The van der Waals surface area contributed by atoms with Gasteiger partial charge in [0.25, 0.3) is 0 Å². The molecule has 2 N–H and O–H groups in total. The highest BCUT2D eigenvalue weighted by atomic mass is 16.5. The summed E-state index contributed by atoms with van der Waals surface area (Å²) in [5.41, 5.74) is 5.59. The van der Waals surface area contributed by atoms with Crippen LogP contribution < -0.4 is 20.2 Å². The molecule has 3 aromatic rings. The first-order valence-electron chi connectivity index (χ1n) is 9.61. The van der Waals surface area contributed by atoms with Crippen LogP contribution in [0.3, 0.4) is 0 Å². The average molecular weight is 417 g/mol. The number of carbonyl (C=O) groups is 2. The van der Waals surface area contributed by atoms with E-state index >= 15 is 0 Å². The molecule has 0 saturated carbocycles. The zero-order valence-electron chi connectivity index (χ0n) is 17.3. The molecule has 0 aliphatic carbocycles. The summed E-state index contributed by atoms with van der Waals surface area (Å²) >= 11 is 0. The molecule has 0 heterocycles. The number of hydrogen-bond acceptors (Lipinski definition) is 5. The number of ether oxygens (including phenoxy) is 2. The molecule has 7 heteroatoms. The van der Waals surface area contributed by atoms with Crippen molar-refractivity contribution in [2.75, 3.05) is 12.4 Å². The molecular formula is C24H23N3O4. The lowest BCUT2D eigenvalue weighted by molar-refractivity contribution is -0.136. The number of carbonyl (C=O) groups excluding carboxylic acids is 2. The van der Waals surface area contributed by atoms with Crippen LogP contribution in [-0.2, 0) is 16.2 Å². The molecule has 0 atom stereocenters. The molecule has 3 aromatic carbocycles. The molecule has 0 aliphatic heterocycles. The van der Waals surface area contributed by atoms with E-state index in [-0.39, 0.29) is 0 Å². The second-order valence-corrected chi connectivity index (χ2v) is 6.69. The minimum atomic E-state index is -0.884. The zero-order chi connectivity index (χ0) is 22.1. The number of hydrogen-bond donors (Lipinski definition) is 2. The van der Waals surface area contributed by atoms with Crippen LogP contribution >= 0.6 is 0 Å². The van der Waals surface area contributed by atoms with Crippen LogP contribution in [0.15, 0.2) is 77.9 Å². The van der Waals surface area contributed by atoms with Gasteiger partial charge in [-0.15, -0.1) is 0 Å². The van der Waals surface area contributed by atoms with Gasteiger partial charge in [0.1, 0.15) is 18.1 Å². The third kappa shape index (κ3) is 6.43. The van der Waals surface area contributed by atoms with Gasteiger partial charge in [-0.05, 0) is 48.9 Å². The van der Waals surface area contributed by atoms with E-state index in [1.54, 1.807) is 37.4 Å². The second-order valence-electron chi connectivity index (χ2n) is 6.69. The van der Waals surface area contributed by atoms with Crippen molar-refractivity contribution in [2.45, 2.75) is 13.5 Å². The molecule has 2 amide bonds. The number of aryl methyl sites for hydroxylation is 1. The smallest absolute Gasteiger partial charge is 0.329 e. The van der Waals surface area contributed by atoms with Crippen molar-refractivity contribution in [1.29, 1.82) is 0 Å². The van der Waals surface area contributed by atoms with E-state index in [0.29, 0.717) is 29.4 Å². The molecular weight excluding hydrogens is 394 g/mol. The topological polar surface area (TPSA) is 89.0 Å². The highest BCUT2D eigenvalue weighted by molar-refractivity contribution is 6.39. The van der Waals surface area contributed by atoms with Crippen molar-refractivity contribution in [3.63, 3.8) is 0 Å². The number of benzene rings is 3. The van der Waals surface area contributed by atoms with Crippen LogP contribution in [0.4, 0.5) is 5.69 Å². The van der Waals surface area contributed by atoms with E-state index in [4.69, 9.17) is 9.47 Å². The van der Waals surface area contributed by atoms with E-state index in [9.17, 15) is 9.59 Å². The fourth-order valence-electron chi connectivity index (χ4n) is 2.64. The number of rotatable bonds is 7. The Bertz CT molecular complexity index is 1060. The Morgan fingerprint density at radius 3 is 2.35 bits per heavy atom. The Morgan fingerprint density at radius 1 is 0.935 bits per heavy atom. The van der Waals surface area contributed by atoms with Crippen LogP contribution in [0.5, 0.6) is 11.5 Å². The number of para-hydroxylation sites is 1. The average Bonchev–Trinajstić information content (AvgIpc) is 2.80. The first-order valence-corrected chi connectivity index (χ1v) is 9.61. The molecule has 158 valence electrons. The molecule has 0 aromatic heterocycles. The minimum absolute atomic E-state index is 0.405. The van der Waals surface area contributed by atoms with Crippen molar-refractivity contribution in [3.8, 4) is 11.5 Å². The summed E-state index contributed by atoms with van der Waals surface area (Å²) in [6, 6.07) is 22.0. The van der Waals surface area contributed by atoms with E-state index in [1.807, 2.05) is 49.4 Å². The van der Waals surface area contributed by atoms with Gasteiger partial charge in [-0.2, -0.15) is 5.10 Å². The maximum absolute atomic E-state index is 12.0. The van der Waals surface area contributed by atoms with E-state index in [0.717, 1.165) is 5.56 Å². The maximum atomic E-state index is 12.0. The Morgan fingerprint density at radius 2 is 1.65 bits per heavy atom. The third-order valence-corrected chi connectivity index (χ3v) is 4.36. The summed E-state index contributed by atoms with van der Waals surface area (Å²) in [4.78, 5) is 24.0. The van der Waals surface area contributed by atoms with Gasteiger partial charge in [-0.1, -0.05) is 42.0 Å². The molecule has 3 rings (SSSR count). The number of nitrogens with one attached hydrogen (secondary N) is 2. The standard InChI is InChI=1S/C24H23N3O4/c1-17-7-9-18(10-8-17)16-31-22-6-4-3-5-19(22)15-25-27-24(29)23(28)26-20-11-13-21(30-2)14-12-20/h3-15H,16H2,1-2H3,(H,26,28)(H,27,29)/b25-15-. The Hall–Kier alpha value is -4.13. The first kappa shape index (κ1) is 21.6. The third-order valence-electron chi connectivity index (χ3n) is 4.36. The number of amides is 2. The number of methoxy groups -OCH3 is 1. The lowest BCUT2D eigenvalue weighted by Gasteiger charge is -2.09. The Labute approximate surface area is 180 Å². The fourth-order valence-corrected chi connectivity index (χ4v) is 2.64. The lowest BCUT2D eigenvalue weighted by Crippen LogP contribution is -2.32. The maximum Gasteiger partial charge on any atom is 0.329 e. The Kier molecular flexibility index (Phi) is 7.37. The zero-order valence-corrected chi connectivity index (χ0v) is 17.3. The molecule has 7 nitrogen and oxygen atoms in total. The molecule has 0 radical (unpaired) electrons. The fraction of sp³-hybridized carbons (Fsp3) is 0.125. The Balaban J connectivity index is 1.55. The summed E-state index contributed by atoms with van der Waals surface area (Å²) in [7, 11) is 1.55. The van der Waals surface area contributed by atoms with Crippen LogP contribution in [0, 0.1) is 6.92 Å². The summed E-state index contributed by atoms with van der Waals surface area (Å²) in [5.74, 6) is -0.449. The van der Waals surface area contributed by atoms with E-state index in [1.165, 1.54) is 11.8 Å². The molecule has 31 heavy (non-hydrogen) atoms. The van der Waals surface area contributed by atoms with Crippen molar-refractivity contribution in [2.24, 2.45) is 5.10 Å². The molecule has 0 spiro atoms. The predicted molar refractivity (Wildman–Crippen MR) is 119 cm³/mol. The van der Waals surface area contributed by atoms with Gasteiger partial charge in [0.2, 0.25) is 0 Å². The number of hydrazone groups is 1. The highest BCUT2D eigenvalue weighted by Gasteiger charge is 2.13. The normalized spacial score (nSPS) is 10.5. The van der Waals surface area contributed by atoms with Crippen molar-refractivity contribution >= 4 is 23.7 Å². The SMILES string of the molecule is COc1ccc(NC(=O)C(=O)N/N=C\c2ccccc2OCc2ccc(C)cc2)cc1. The van der Waals surface area contributed by atoms with E-state index < -0.39 is 11.8 Å². The minimum Gasteiger partial charge on any atom is -0.497 e. The molecule has 0 saturated heterocycles. The van der Waals surface area contributed by atoms with Gasteiger partial charge < -0.3 is 14.8 Å². The number of anilines is 1. The second kappa shape index (κ2) is 10.6. The van der Waals surface area contributed by atoms with Gasteiger partial charge in [0.15, 0.2) is 0 Å². The molecule has 0 aliphatic rings. The lowest BCUT2D eigenvalue weighted by atomic mass is 10.1. The predicted octanol–water partition coefficient (Wildman–Crippen LogP) is 3.67.